The first-order valence-corrected chi connectivity index (χ1v) is 5.34. The van der Waals surface area contributed by atoms with Crippen LogP contribution in [-0.2, 0) is 0 Å². The SMILES string of the molecule is CCC(O)C1CCCC(C)C1C. The fourth-order valence-corrected chi connectivity index (χ4v) is 2.47. The normalized spacial score (nSPS) is 39.5. The van der Waals surface area contributed by atoms with Crippen LogP contribution in [0.2, 0.25) is 0 Å². The van der Waals surface area contributed by atoms with Crippen molar-refractivity contribution >= 4 is 0 Å². The average molecular weight is 170 g/mol. The summed E-state index contributed by atoms with van der Waals surface area (Å²) in [5, 5.41) is 9.77. The Morgan fingerprint density at radius 1 is 1.33 bits per heavy atom. The van der Waals surface area contributed by atoms with Crippen molar-refractivity contribution in [3.05, 3.63) is 0 Å². The zero-order valence-corrected chi connectivity index (χ0v) is 8.59. The molecule has 0 aromatic carbocycles. The Kier molecular flexibility index (Phi) is 3.57. The van der Waals surface area contributed by atoms with Crippen molar-refractivity contribution in [2.75, 3.05) is 0 Å². The Hall–Kier alpha value is -0.0400. The van der Waals surface area contributed by atoms with Crippen LogP contribution in [0.25, 0.3) is 0 Å². The van der Waals surface area contributed by atoms with Gasteiger partial charge in [-0.3, -0.25) is 0 Å². The molecule has 0 radical (unpaired) electrons. The van der Waals surface area contributed by atoms with Crippen molar-refractivity contribution < 1.29 is 5.11 Å². The molecule has 1 nitrogen and oxygen atoms in total. The van der Waals surface area contributed by atoms with Crippen LogP contribution in [0.1, 0.15) is 46.5 Å². The Bertz CT molecular complexity index is 133. The summed E-state index contributed by atoms with van der Waals surface area (Å²) in [5.41, 5.74) is 0. The van der Waals surface area contributed by atoms with E-state index in [4.69, 9.17) is 0 Å². The van der Waals surface area contributed by atoms with Gasteiger partial charge in [0, 0.05) is 0 Å². The van der Waals surface area contributed by atoms with E-state index in [-0.39, 0.29) is 6.10 Å². The molecule has 0 bridgehead atoms. The van der Waals surface area contributed by atoms with Gasteiger partial charge in [0.05, 0.1) is 6.10 Å². The first-order chi connectivity index (χ1) is 5.66. The lowest BCUT2D eigenvalue weighted by Crippen LogP contribution is -2.32. The van der Waals surface area contributed by atoms with Crippen molar-refractivity contribution in [1.82, 2.24) is 0 Å². The maximum Gasteiger partial charge on any atom is 0.0568 e. The summed E-state index contributed by atoms with van der Waals surface area (Å²) >= 11 is 0. The van der Waals surface area contributed by atoms with E-state index in [0.717, 1.165) is 12.3 Å². The molecule has 1 fully saturated rings. The van der Waals surface area contributed by atoms with Crippen molar-refractivity contribution in [2.45, 2.75) is 52.6 Å². The Balaban J connectivity index is 2.51. The number of rotatable bonds is 2. The number of hydrogen-bond acceptors (Lipinski definition) is 1. The van der Waals surface area contributed by atoms with Gasteiger partial charge in [-0.1, -0.05) is 33.6 Å². The molecule has 1 N–H and O–H groups in total. The maximum atomic E-state index is 9.77. The van der Waals surface area contributed by atoms with Crippen LogP contribution in [0.5, 0.6) is 0 Å². The molecule has 0 amide bonds. The summed E-state index contributed by atoms with van der Waals surface area (Å²) in [5.74, 6) is 2.09. The molecule has 0 spiro atoms. The van der Waals surface area contributed by atoms with Crippen LogP contribution in [0, 0.1) is 17.8 Å². The second kappa shape index (κ2) is 4.27. The maximum absolute atomic E-state index is 9.77. The zero-order chi connectivity index (χ0) is 9.14. The van der Waals surface area contributed by atoms with Gasteiger partial charge in [0.25, 0.3) is 0 Å². The van der Waals surface area contributed by atoms with E-state index < -0.39 is 0 Å². The minimum Gasteiger partial charge on any atom is -0.393 e. The molecule has 0 saturated heterocycles. The van der Waals surface area contributed by atoms with Crippen LogP contribution in [-0.4, -0.2) is 11.2 Å². The first kappa shape index (κ1) is 10.0. The van der Waals surface area contributed by atoms with Crippen molar-refractivity contribution in [2.24, 2.45) is 17.8 Å². The molecule has 0 aromatic heterocycles. The third-order valence-electron chi connectivity index (χ3n) is 3.68. The van der Waals surface area contributed by atoms with Gasteiger partial charge in [-0.05, 0) is 30.6 Å². The van der Waals surface area contributed by atoms with Gasteiger partial charge in [-0.25, -0.2) is 0 Å². The van der Waals surface area contributed by atoms with Gasteiger partial charge in [-0.2, -0.15) is 0 Å². The molecule has 0 aliphatic heterocycles. The monoisotopic (exact) mass is 170 g/mol. The lowest BCUT2D eigenvalue weighted by atomic mass is 9.71. The molecule has 1 aliphatic carbocycles. The molecule has 1 rings (SSSR count). The van der Waals surface area contributed by atoms with Gasteiger partial charge in [0.2, 0.25) is 0 Å². The molecule has 1 saturated carbocycles. The van der Waals surface area contributed by atoms with Gasteiger partial charge < -0.3 is 5.11 Å². The molecule has 1 heteroatoms. The van der Waals surface area contributed by atoms with Gasteiger partial charge in [-0.15, -0.1) is 0 Å². The van der Waals surface area contributed by atoms with Crippen LogP contribution in [0.3, 0.4) is 0 Å². The lowest BCUT2D eigenvalue weighted by Gasteiger charge is -2.36. The molecule has 1 aliphatic rings. The van der Waals surface area contributed by atoms with Crippen LogP contribution < -0.4 is 0 Å². The molecule has 0 aromatic rings. The standard InChI is InChI=1S/C11H22O/c1-4-11(12)10-7-5-6-8(2)9(10)3/h8-12H,4-7H2,1-3H3. The number of aliphatic hydroxyl groups excluding tert-OH is 1. The van der Waals surface area contributed by atoms with Gasteiger partial charge >= 0.3 is 0 Å². The Labute approximate surface area is 76.2 Å². The summed E-state index contributed by atoms with van der Waals surface area (Å²) in [6.07, 6.45) is 4.77. The summed E-state index contributed by atoms with van der Waals surface area (Å²) in [7, 11) is 0. The minimum absolute atomic E-state index is 0.0530. The molecule has 12 heavy (non-hydrogen) atoms. The van der Waals surface area contributed by atoms with E-state index in [9.17, 15) is 5.11 Å². The molecular formula is C11H22O. The highest BCUT2D eigenvalue weighted by Crippen LogP contribution is 2.36. The van der Waals surface area contributed by atoms with Crippen LogP contribution >= 0.6 is 0 Å². The molecule has 72 valence electrons. The predicted octanol–water partition coefficient (Wildman–Crippen LogP) is 2.83. The zero-order valence-electron chi connectivity index (χ0n) is 8.59. The molecule has 4 unspecified atom stereocenters. The first-order valence-electron chi connectivity index (χ1n) is 5.34. The highest BCUT2D eigenvalue weighted by Gasteiger charge is 2.30. The fraction of sp³-hybridized carbons (Fsp3) is 1.00. The Morgan fingerprint density at radius 3 is 2.58 bits per heavy atom. The van der Waals surface area contributed by atoms with Crippen molar-refractivity contribution in [3.8, 4) is 0 Å². The minimum atomic E-state index is -0.0530. The van der Waals surface area contributed by atoms with E-state index in [1.807, 2.05) is 0 Å². The van der Waals surface area contributed by atoms with E-state index >= 15 is 0 Å². The molecule has 4 atom stereocenters. The summed E-state index contributed by atoms with van der Waals surface area (Å²) < 4.78 is 0. The van der Waals surface area contributed by atoms with E-state index in [2.05, 4.69) is 20.8 Å². The highest BCUT2D eigenvalue weighted by molar-refractivity contribution is 4.81. The van der Waals surface area contributed by atoms with Crippen LogP contribution in [0.15, 0.2) is 0 Å². The summed E-state index contributed by atoms with van der Waals surface area (Å²) in [6, 6.07) is 0. The molecule has 0 heterocycles. The largest absolute Gasteiger partial charge is 0.393 e. The number of hydrogen-bond donors (Lipinski definition) is 1. The van der Waals surface area contributed by atoms with Gasteiger partial charge in [0.1, 0.15) is 0 Å². The quantitative estimate of drug-likeness (QED) is 0.675. The van der Waals surface area contributed by atoms with Crippen molar-refractivity contribution in [1.29, 1.82) is 0 Å². The predicted molar refractivity (Wildman–Crippen MR) is 52.0 cm³/mol. The van der Waals surface area contributed by atoms with Crippen LogP contribution in [0.4, 0.5) is 0 Å². The van der Waals surface area contributed by atoms with E-state index in [1.165, 1.54) is 19.3 Å². The second-order valence-electron chi connectivity index (χ2n) is 4.41. The van der Waals surface area contributed by atoms with E-state index in [0.29, 0.717) is 11.8 Å². The average Bonchev–Trinajstić information content (AvgIpc) is 2.08. The topological polar surface area (TPSA) is 20.2 Å². The lowest BCUT2D eigenvalue weighted by molar-refractivity contribution is 0.0305. The Morgan fingerprint density at radius 2 is 2.00 bits per heavy atom. The van der Waals surface area contributed by atoms with Crippen molar-refractivity contribution in [3.63, 3.8) is 0 Å². The third-order valence-corrected chi connectivity index (χ3v) is 3.68. The summed E-state index contributed by atoms with van der Waals surface area (Å²) in [4.78, 5) is 0. The molecular weight excluding hydrogens is 148 g/mol. The fourth-order valence-electron chi connectivity index (χ4n) is 2.47. The smallest absolute Gasteiger partial charge is 0.0568 e. The highest BCUT2D eigenvalue weighted by atomic mass is 16.3. The summed E-state index contributed by atoms with van der Waals surface area (Å²) in [6.45, 7) is 6.70. The van der Waals surface area contributed by atoms with Gasteiger partial charge in [0.15, 0.2) is 0 Å². The second-order valence-corrected chi connectivity index (χ2v) is 4.41. The van der Waals surface area contributed by atoms with E-state index in [1.54, 1.807) is 0 Å². The number of aliphatic hydroxyl groups is 1. The third kappa shape index (κ3) is 2.01.